The molecule has 0 aliphatic carbocycles. The van der Waals surface area contributed by atoms with Gasteiger partial charge in [0.2, 0.25) is 0 Å². The summed E-state index contributed by atoms with van der Waals surface area (Å²) < 4.78 is 6.11. The Bertz CT molecular complexity index is 970. The lowest BCUT2D eigenvalue weighted by Crippen LogP contribution is -2.34. The standard InChI is InChI=1S/C18H16ClN3O2S2/c1-3-10-4-6-11(7-5-10)16(23)21-17(25)22-18-20-13-8-12(19)14(24-2)9-15(13)26-18/h4-9H,3H2,1-2H3,(H2,20,21,22,23,25). The number of amides is 1. The highest BCUT2D eigenvalue weighted by Gasteiger charge is 2.12. The van der Waals surface area contributed by atoms with Gasteiger partial charge in [0.15, 0.2) is 10.2 Å². The molecule has 0 saturated carbocycles. The van der Waals surface area contributed by atoms with Crippen LogP contribution in [0.1, 0.15) is 22.8 Å². The maximum atomic E-state index is 12.3. The highest BCUT2D eigenvalue weighted by molar-refractivity contribution is 7.80. The summed E-state index contributed by atoms with van der Waals surface area (Å²) >= 11 is 12.7. The van der Waals surface area contributed by atoms with Gasteiger partial charge in [-0.1, -0.05) is 42.0 Å². The first-order chi connectivity index (χ1) is 12.5. The zero-order valence-electron chi connectivity index (χ0n) is 14.1. The van der Waals surface area contributed by atoms with Crippen LogP contribution in [0.15, 0.2) is 36.4 Å². The number of nitrogens with one attached hydrogen (secondary N) is 2. The van der Waals surface area contributed by atoms with Crippen molar-refractivity contribution in [2.24, 2.45) is 0 Å². The number of thiocarbonyl (C=S) groups is 1. The van der Waals surface area contributed by atoms with Gasteiger partial charge in [-0.15, -0.1) is 0 Å². The first-order valence-corrected chi connectivity index (χ1v) is 9.45. The first-order valence-electron chi connectivity index (χ1n) is 7.85. The number of fused-ring (bicyclic) bond motifs is 1. The van der Waals surface area contributed by atoms with Crippen LogP contribution in [0.4, 0.5) is 5.13 Å². The van der Waals surface area contributed by atoms with Crippen LogP contribution in [0.25, 0.3) is 10.2 Å². The Hall–Kier alpha value is -2.22. The minimum Gasteiger partial charge on any atom is -0.495 e. The van der Waals surface area contributed by atoms with Crippen LogP contribution in [0.3, 0.4) is 0 Å². The molecule has 0 radical (unpaired) electrons. The summed E-state index contributed by atoms with van der Waals surface area (Å²) in [5.41, 5.74) is 2.45. The lowest BCUT2D eigenvalue weighted by molar-refractivity contribution is 0.0977. The number of carbonyl (C=O) groups excluding carboxylic acids is 1. The van der Waals surface area contributed by atoms with Gasteiger partial charge in [0.1, 0.15) is 5.75 Å². The van der Waals surface area contributed by atoms with E-state index in [2.05, 4.69) is 22.5 Å². The van der Waals surface area contributed by atoms with E-state index in [9.17, 15) is 4.79 Å². The third kappa shape index (κ3) is 4.12. The Balaban J connectivity index is 1.69. The molecule has 134 valence electrons. The number of methoxy groups -OCH3 is 1. The predicted octanol–water partition coefficient (Wildman–Crippen LogP) is 4.65. The second-order valence-electron chi connectivity index (χ2n) is 5.43. The quantitative estimate of drug-likeness (QED) is 0.619. The fourth-order valence-corrected chi connectivity index (χ4v) is 3.70. The van der Waals surface area contributed by atoms with Crippen LogP contribution in [-0.4, -0.2) is 23.1 Å². The van der Waals surface area contributed by atoms with Crippen LogP contribution in [0.2, 0.25) is 5.02 Å². The second kappa shape index (κ2) is 7.99. The molecule has 0 atom stereocenters. The Morgan fingerprint density at radius 3 is 2.69 bits per heavy atom. The Labute approximate surface area is 165 Å². The number of ether oxygens (including phenoxy) is 1. The number of carbonyl (C=O) groups is 1. The third-order valence-corrected chi connectivity index (χ3v) is 5.17. The van der Waals surface area contributed by atoms with Crippen molar-refractivity contribution in [1.82, 2.24) is 10.3 Å². The molecule has 5 nitrogen and oxygen atoms in total. The molecule has 0 fully saturated rings. The van der Waals surface area contributed by atoms with Gasteiger partial charge in [-0.3, -0.25) is 10.1 Å². The van der Waals surface area contributed by atoms with Gasteiger partial charge in [0, 0.05) is 11.6 Å². The Morgan fingerprint density at radius 2 is 2.04 bits per heavy atom. The van der Waals surface area contributed by atoms with Crippen LogP contribution in [0, 0.1) is 0 Å². The van der Waals surface area contributed by atoms with E-state index in [1.165, 1.54) is 16.9 Å². The van der Waals surface area contributed by atoms with Gasteiger partial charge in [-0.25, -0.2) is 4.98 Å². The normalized spacial score (nSPS) is 10.6. The van der Waals surface area contributed by atoms with Crippen molar-refractivity contribution < 1.29 is 9.53 Å². The molecule has 0 aliphatic heterocycles. The molecule has 1 heterocycles. The minimum absolute atomic E-state index is 0.187. The summed E-state index contributed by atoms with van der Waals surface area (Å²) in [6, 6.07) is 11.0. The molecular formula is C18H16ClN3O2S2. The zero-order valence-corrected chi connectivity index (χ0v) is 16.5. The molecule has 0 spiro atoms. The number of rotatable bonds is 4. The molecule has 3 rings (SSSR count). The Kier molecular flexibility index (Phi) is 5.70. The number of anilines is 1. The van der Waals surface area contributed by atoms with Crippen molar-refractivity contribution in [1.29, 1.82) is 0 Å². The predicted molar refractivity (Wildman–Crippen MR) is 111 cm³/mol. The molecule has 1 amide bonds. The highest BCUT2D eigenvalue weighted by atomic mass is 35.5. The molecular weight excluding hydrogens is 390 g/mol. The van der Waals surface area contributed by atoms with E-state index < -0.39 is 0 Å². The summed E-state index contributed by atoms with van der Waals surface area (Å²) in [5, 5.41) is 6.83. The molecule has 1 aromatic heterocycles. The first kappa shape index (κ1) is 18.6. The number of halogens is 1. The number of hydrogen-bond donors (Lipinski definition) is 2. The smallest absolute Gasteiger partial charge is 0.257 e. The summed E-state index contributed by atoms with van der Waals surface area (Å²) in [6.45, 7) is 2.06. The SMILES string of the molecule is CCc1ccc(C(=O)NC(=S)Nc2nc3cc(Cl)c(OC)cc3s2)cc1. The van der Waals surface area contributed by atoms with Gasteiger partial charge in [-0.05, 0) is 42.4 Å². The van der Waals surface area contributed by atoms with E-state index in [0.29, 0.717) is 21.5 Å². The summed E-state index contributed by atoms with van der Waals surface area (Å²) in [5.74, 6) is 0.316. The molecule has 8 heteroatoms. The van der Waals surface area contributed by atoms with Crippen LogP contribution in [0.5, 0.6) is 5.75 Å². The van der Waals surface area contributed by atoms with Gasteiger partial charge in [0.25, 0.3) is 5.91 Å². The largest absolute Gasteiger partial charge is 0.495 e. The minimum atomic E-state index is -0.268. The molecule has 0 saturated heterocycles. The average Bonchev–Trinajstić information content (AvgIpc) is 3.01. The molecule has 2 aromatic carbocycles. The number of aryl methyl sites for hydroxylation is 1. The zero-order chi connectivity index (χ0) is 18.7. The monoisotopic (exact) mass is 405 g/mol. The van der Waals surface area contributed by atoms with E-state index in [0.717, 1.165) is 16.6 Å². The topological polar surface area (TPSA) is 63.2 Å². The molecule has 0 aliphatic rings. The van der Waals surface area contributed by atoms with Crippen LogP contribution in [-0.2, 0) is 6.42 Å². The number of hydrogen-bond acceptors (Lipinski definition) is 5. The van der Waals surface area contributed by atoms with E-state index in [1.807, 2.05) is 18.2 Å². The van der Waals surface area contributed by atoms with Crippen molar-refractivity contribution in [3.8, 4) is 5.75 Å². The van der Waals surface area contributed by atoms with Crippen molar-refractivity contribution in [2.45, 2.75) is 13.3 Å². The van der Waals surface area contributed by atoms with Crippen molar-refractivity contribution >= 4 is 61.5 Å². The third-order valence-electron chi connectivity index (χ3n) is 3.73. The number of nitrogens with zero attached hydrogens (tertiary/aromatic N) is 1. The van der Waals surface area contributed by atoms with E-state index in [-0.39, 0.29) is 11.0 Å². The maximum absolute atomic E-state index is 12.3. The van der Waals surface area contributed by atoms with Gasteiger partial charge in [-0.2, -0.15) is 0 Å². The van der Waals surface area contributed by atoms with Crippen LogP contribution >= 0.6 is 35.2 Å². The van der Waals surface area contributed by atoms with Crippen molar-refractivity contribution in [3.63, 3.8) is 0 Å². The number of benzene rings is 2. The molecule has 3 aromatic rings. The summed E-state index contributed by atoms with van der Waals surface area (Å²) in [4.78, 5) is 16.7. The lowest BCUT2D eigenvalue weighted by atomic mass is 10.1. The lowest BCUT2D eigenvalue weighted by Gasteiger charge is -2.07. The van der Waals surface area contributed by atoms with Crippen molar-refractivity contribution in [2.75, 3.05) is 12.4 Å². The molecule has 26 heavy (non-hydrogen) atoms. The maximum Gasteiger partial charge on any atom is 0.257 e. The summed E-state index contributed by atoms with van der Waals surface area (Å²) in [6.07, 6.45) is 0.925. The van der Waals surface area contributed by atoms with E-state index in [4.69, 9.17) is 28.6 Å². The van der Waals surface area contributed by atoms with Crippen LogP contribution < -0.4 is 15.4 Å². The van der Waals surface area contributed by atoms with E-state index in [1.54, 1.807) is 25.3 Å². The highest BCUT2D eigenvalue weighted by Crippen LogP contribution is 2.34. The fourth-order valence-electron chi connectivity index (χ4n) is 2.34. The van der Waals surface area contributed by atoms with Gasteiger partial charge >= 0.3 is 0 Å². The number of thiazole rings is 1. The molecule has 0 unspecified atom stereocenters. The van der Waals surface area contributed by atoms with Gasteiger partial charge in [0.05, 0.1) is 22.3 Å². The molecule has 2 N–H and O–H groups in total. The van der Waals surface area contributed by atoms with Crippen molar-refractivity contribution in [3.05, 3.63) is 52.5 Å². The fraction of sp³-hybridized carbons (Fsp3) is 0.167. The summed E-state index contributed by atoms with van der Waals surface area (Å²) in [7, 11) is 1.56. The number of aromatic nitrogens is 1. The Morgan fingerprint density at radius 1 is 1.31 bits per heavy atom. The van der Waals surface area contributed by atoms with E-state index >= 15 is 0 Å². The van der Waals surface area contributed by atoms with Gasteiger partial charge < -0.3 is 10.1 Å². The molecule has 0 bridgehead atoms. The average molecular weight is 406 g/mol. The second-order valence-corrected chi connectivity index (χ2v) is 7.28.